The van der Waals surface area contributed by atoms with E-state index < -0.39 is 0 Å². The fourth-order valence-electron chi connectivity index (χ4n) is 4.42. The van der Waals surface area contributed by atoms with Gasteiger partial charge in [-0.1, -0.05) is 23.8 Å². The standard InChI is InChI=1S/C25H30N2O5/c1-16-4-6-21-19(12-16)20(9-11-32-21)26-25(29)18-14-24(28)27(15-18)10-8-17-5-7-22(30-2)23(13-17)31-3/h4-7,12-13,18,20H,8-11,14-15H2,1-3H3,(H,26,29). The van der Waals surface area contributed by atoms with Crippen molar-refractivity contribution < 1.29 is 23.8 Å². The van der Waals surface area contributed by atoms with Gasteiger partial charge < -0.3 is 24.4 Å². The van der Waals surface area contributed by atoms with Crippen molar-refractivity contribution >= 4 is 11.8 Å². The first-order valence-corrected chi connectivity index (χ1v) is 11.0. The van der Waals surface area contributed by atoms with E-state index in [0.717, 1.165) is 28.9 Å². The lowest BCUT2D eigenvalue weighted by Crippen LogP contribution is -2.37. The summed E-state index contributed by atoms with van der Waals surface area (Å²) >= 11 is 0. The van der Waals surface area contributed by atoms with Gasteiger partial charge in [0, 0.05) is 31.5 Å². The zero-order valence-corrected chi connectivity index (χ0v) is 18.8. The molecule has 0 aliphatic carbocycles. The van der Waals surface area contributed by atoms with Gasteiger partial charge in [0.25, 0.3) is 0 Å². The Bertz CT molecular complexity index is 1010. The zero-order chi connectivity index (χ0) is 22.7. The van der Waals surface area contributed by atoms with E-state index in [-0.39, 0.29) is 30.2 Å². The highest BCUT2D eigenvalue weighted by molar-refractivity contribution is 5.89. The molecule has 0 bridgehead atoms. The van der Waals surface area contributed by atoms with Crippen molar-refractivity contribution in [2.45, 2.75) is 32.2 Å². The van der Waals surface area contributed by atoms with E-state index >= 15 is 0 Å². The summed E-state index contributed by atoms with van der Waals surface area (Å²) in [7, 11) is 3.21. The summed E-state index contributed by atoms with van der Waals surface area (Å²) in [6.45, 7) is 3.61. The molecule has 0 aromatic heterocycles. The Morgan fingerprint density at radius 3 is 2.75 bits per heavy atom. The minimum atomic E-state index is -0.330. The van der Waals surface area contributed by atoms with Gasteiger partial charge in [0.2, 0.25) is 11.8 Å². The quantitative estimate of drug-likeness (QED) is 0.719. The van der Waals surface area contributed by atoms with Gasteiger partial charge in [0.1, 0.15) is 5.75 Å². The van der Waals surface area contributed by atoms with Gasteiger partial charge in [-0.3, -0.25) is 9.59 Å². The minimum Gasteiger partial charge on any atom is -0.493 e. The highest BCUT2D eigenvalue weighted by Crippen LogP contribution is 2.33. The van der Waals surface area contributed by atoms with Crippen LogP contribution in [0.1, 0.15) is 35.6 Å². The van der Waals surface area contributed by atoms with Crippen LogP contribution in [0.5, 0.6) is 17.2 Å². The first-order chi connectivity index (χ1) is 15.5. The van der Waals surface area contributed by atoms with Crippen molar-refractivity contribution in [2.24, 2.45) is 5.92 Å². The van der Waals surface area contributed by atoms with E-state index in [2.05, 4.69) is 11.4 Å². The molecule has 2 aliphatic heterocycles. The summed E-state index contributed by atoms with van der Waals surface area (Å²) in [5.41, 5.74) is 3.20. The number of carbonyl (C=O) groups excluding carboxylic acids is 2. The number of carbonyl (C=O) groups is 2. The van der Waals surface area contributed by atoms with Gasteiger partial charge in [-0.25, -0.2) is 0 Å². The lowest BCUT2D eigenvalue weighted by Gasteiger charge is -2.28. The molecule has 2 aromatic carbocycles. The van der Waals surface area contributed by atoms with Crippen LogP contribution < -0.4 is 19.5 Å². The second-order valence-corrected chi connectivity index (χ2v) is 8.42. The maximum absolute atomic E-state index is 13.0. The SMILES string of the molecule is COc1ccc(CCN2CC(C(=O)NC3CCOc4ccc(C)cc43)CC2=O)cc1OC. The van der Waals surface area contributed by atoms with Gasteiger partial charge in [0.15, 0.2) is 11.5 Å². The van der Waals surface area contributed by atoms with E-state index in [4.69, 9.17) is 14.2 Å². The van der Waals surface area contributed by atoms with Crippen LogP contribution in [0.2, 0.25) is 0 Å². The Morgan fingerprint density at radius 2 is 1.97 bits per heavy atom. The van der Waals surface area contributed by atoms with Crippen LogP contribution in [0.3, 0.4) is 0 Å². The monoisotopic (exact) mass is 438 g/mol. The molecule has 4 rings (SSSR count). The van der Waals surface area contributed by atoms with Crippen molar-refractivity contribution in [3.63, 3.8) is 0 Å². The minimum absolute atomic E-state index is 0.0221. The molecule has 170 valence electrons. The highest BCUT2D eigenvalue weighted by Gasteiger charge is 2.35. The molecule has 0 radical (unpaired) electrons. The molecular weight excluding hydrogens is 408 g/mol. The predicted octanol–water partition coefficient (Wildman–Crippen LogP) is 3.04. The highest BCUT2D eigenvalue weighted by atomic mass is 16.5. The third kappa shape index (κ3) is 4.66. The molecule has 1 fully saturated rings. The Hall–Kier alpha value is -3.22. The summed E-state index contributed by atoms with van der Waals surface area (Å²) in [6, 6.07) is 11.7. The molecule has 0 spiro atoms. The summed E-state index contributed by atoms with van der Waals surface area (Å²) in [5.74, 6) is 1.80. The van der Waals surface area contributed by atoms with Crippen LogP contribution in [-0.2, 0) is 16.0 Å². The second kappa shape index (κ2) is 9.51. The summed E-state index contributed by atoms with van der Waals surface area (Å²) in [4.78, 5) is 27.3. The van der Waals surface area contributed by atoms with Crippen molar-refractivity contribution in [2.75, 3.05) is 33.9 Å². The number of ether oxygens (including phenoxy) is 3. The van der Waals surface area contributed by atoms with Crippen LogP contribution in [0.4, 0.5) is 0 Å². The number of nitrogens with one attached hydrogen (secondary N) is 1. The molecule has 1 saturated heterocycles. The van der Waals surface area contributed by atoms with Crippen molar-refractivity contribution in [1.82, 2.24) is 10.2 Å². The number of hydrogen-bond acceptors (Lipinski definition) is 5. The number of nitrogens with zero attached hydrogens (tertiary/aromatic N) is 1. The van der Waals surface area contributed by atoms with Crippen molar-refractivity contribution in [1.29, 1.82) is 0 Å². The van der Waals surface area contributed by atoms with E-state index in [0.29, 0.717) is 37.6 Å². The Morgan fingerprint density at radius 1 is 1.16 bits per heavy atom. The molecule has 1 N–H and O–H groups in total. The van der Waals surface area contributed by atoms with Crippen molar-refractivity contribution in [3.8, 4) is 17.2 Å². The topological polar surface area (TPSA) is 77.1 Å². The third-order valence-electron chi connectivity index (χ3n) is 6.22. The molecule has 2 aromatic rings. The molecule has 2 heterocycles. The molecule has 0 saturated carbocycles. The number of methoxy groups -OCH3 is 2. The lowest BCUT2D eigenvalue weighted by atomic mass is 9.97. The number of fused-ring (bicyclic) bond motifs is 1. The third-order valence-corrected chi connectivity index (χ3v) is 6.22. The summed E-state index contributed by atoms with van der Waals surface area (Å²) in [6.07, 6.45) is 1.67. The number of aryl methyl sites for hydroxylation is 1. The largest absolute Gasteiger partial charge is 0.493 e. The summed E-state index contributed by atoms with van der Waals surface area (Å²) in [5, 5.41) is 3.16. The van der Waals surface area contributed by atoms with Crippen LogP contribution in [0.25, 0.3) is 0 Å². The molecular formula is C25H30N2O5. The summed E-state index contributed by atoms with van der Waals surface area (Å²) < 4.78 is 16.4. The smallest absolute Gasteiger partial charge is 0.225 e. The van der Waals surface area contributed by atoms with Gasteiger partial charge in [0.05, 0.1) is 32.8 Å². The average Bonchev–Trinajstić information content (AvgIpc) is 3.18. The molecule has 7 nitrogen and oxygen atoms in total. The van der Waals surface area contributed by atoms with Crippen LogP contribution in [0.15, 0.2) is 36.4 Å². The first-order valence-electron chi connectivity index (χ1n) is 11.0. The molecule has 32 heavy (non-hydrogen) atoms. The number of hydrogen-bond donors (Lipinski definition) is 1. The molecule has 7 heteroatoms. The number of amides is 2. The van der Waals surface area contributed by atoms with Gasteiger partial charge >= 0.3 is 0 Å². The van der Waals surface area contributed by atoms with E-state index in [1.165, 1.54) is 0 Å². The maximum Gasteiger partial charge on any atom is 0.225 e. The van der Waals surface area contributed by atoms with Crippen LogP contribution >= 0.6 is 0 Å². The second-order valence-electron chi connectivity index (χ2n) is 8.42. The number of likely N-dealkylation sites (tertiary alicyclic amines) is 1. The Kier molecular flexibility index (Phi) is 6.53. The maximum atomic E-state index is 13.0. The van der Waals surface area contributed by atoms with Crippen LogP contribution in [-0.4, -0.2) is 50.6 Å². The van der Waals surface area contributed by atoms with Gasteiger partial charge in [-0.05, 0) is 37.1 Å². The lowest BCUT2D eigenvalue weighted by molar-refractivity contribution is -0.129. The molecule has 2 atom stereocenters. The molecule has 2 unspecified atom stereocenters. The first kappa shape index (κ1) is 22.0. The molecule has 2 amide bonds. The van der Waals surface area contributed by atoms with Crippen molar-refractivity contribution in [3.05, 3.63) is 53.1 Å². The predicted molar refractivity (Wildman–Crippen MR) is 120 cm³/mol. The normalized spacial score (nSPS) is 19.8. The number of rotatable bonds is 7. The molecule has 2 aliphatic rings. The van der Waals surface area contributed by atoms with Crippen LogP contribution in [0, 0.1) is 12.8 Å². The van der Waals surface area contributed by atoms with E-state index in [9.17, 15) is 9.59 Å². The van der Waals surface area contributed by atoms with Gasteiger partial charge in [-0.2, -0.15) is 0 Å². The Balaban J connectivity index is 1.35. The zero-order valence-electron chi connectivity index (χ0n) is 18.8. The van der Waals surface area contributed by atoms with E-state index in [1.807, 2.05) is 37.3 Å². The van der Waals surface area contributed by atoms with E-state index in [1.54, 1.807) is 19.1 Å². The van der Waals surface area contributed by atoms with Gasteiger partial charge in [-0.15, -0.1) is 0 Å². The Labute approximate surface area is 188 Å². The fourth-order valence-corrected chi connectivity index (χ4v) is 4.42. The number of benzene rings is 2. The fraction of sp³-hybridized carbons (Fsp3) is 0.440. The average molecular weight is 439 g/mol.